The maximum atomic E-state index is 3.64. The normalized spacial score (nSPS) is 11.6. The zero-order valence-electron chi connectivity index (χ0n) is 27.7. The molecule has 0 saturated heterocycles. The SMILES string of the molecule is Brc1ccc(-c2cc(-c3ccc4c5ccccc5n(-c5ccccc5)c4c3)cc(-c3ccc4c5ccccc5n(-c5ccccc5)c4c3)c2)cc1. The summed E-state index contributed by atoms with van der Waals surface area (Å²) in [4.78, 5) is 0. The van der Waals surface area contributed by atoms with Gasteiger partial charge in [-0.3, -0.25) is 0 Å². The molecule has 10 rings (SSSR count). The zero-order chi connectivity index (χ0) is 33.9. The molecule has 51 heavy (non-hydrogen) atoms. The van der Waals surface area contributed by atoms with Crippen LogP contribution in [0.4, 0.5) is 0 Å². The molecule has 0 unspecified atom stereocenters. The molecule has 0 saturated carbocycles. The van der Waals surface area contributed by atoms with Gasteiger partial charge in [0.15, 0.2) is 0 Å². The van der Waals surface area contributed by atoms with Crippen molar-refractivity contribution in [2.24, 2.45) is 0 Å². The van der Waals surface area contributed by atoms with Gasteiger partial charge in [-0.1, -0.05) is 125 Å². The van der Waals surface area contributed by atoms with Crippen LogP contribution >= 0.6 is 15.9 Å². The van der Waals surface area contributed by atoms with Crippen molar-refractivity contribution in [3.63, 3.8) is 0 Å². The first-order chi connectivity index (χ1) is 25.2. The van der Waals surface area contributed by atoms with E-state index in [4.69, 9.17) is 0 Å². The number of halogens is 1. The Morgan fingerprint density at radius 2 is 0.647 bits per heavy atom. The molecule has 2 aromatic heterocycles. The lowest BCUT2D eigenvalue weighted by Gasteiger charge is -2.13. The van der Waals surface area contributed by atoms with Crippen molar-refractivity contribution in [1.29, 1.82) is 0 Å². The van der Waals surface area contributed by atoms with Crippen molar-refractivity contribution in [1.82, 2.24) is 9.13 Å². The highest BCUT2D eigenvalue weighted by Gasteiger charge is 2.16. The van der Waals surface area contributed by atoms with E-state index >= 15 is 0 Å². The number of nitrogens with zero attached hydrogens (tertiary/aromatic N) is 2. The van der Waals surface area contributed by atoms with Crippen LogP contribution in [-0.4, -0.2) is 9.13 Å². The highest BCUT2D eigenvalue weighted by Crippen LogP contribution is 2.40. The number of para-hydroxylation sites is 4. The fraction of sp³-hybridized carbons (Fsp3) is 0. The lowest BCUT2D eigenvalue weighted by molar-refractivity contribution is 1.18. The van der Waals surface area contributed by atoms with Crippen LogP contribution in [0.2, 0.25) is 0 Å². The third-order valence-corrected chi connectivity index (χ3v) is 10.7. The van der Waals surface area contributed by atoms with E-state index in [9.17, 15) is 0 Å². The average molecular weight is 716 g/mol. The predicted octanol–water partition coefficient (Wildman–Crippen LogP) is 13.6. The first kappa shape index (κ1) is 29.7. The quantitative estimate of drug-likeness (QED) is 0.168. The Bertz CT molecular complexity index is 2720. The molecule has 0 N–H and O–H groups in total. The van der Waals surface area contributed by atoms with E-state index in [-0.39, 0.29) is 0 Å². The minimum absolute atomic E-state index is 1.07. The van der Waals surface area contributed by atoms with Crippen LogP contribution in [0.5, 0.6) is 0 Å². The van der Waals surface area contributed by atoms with Gasteiger partial charge in [0.05, 0.1) is 22.1 Å². The first-order valence-corrected chi connectivity index (χ1v) is 18.1. The summed E-state index contributed by atoms with van der Waals surface area (Å²) in [5.41, 5.74) is 14.2. The smallest absolute Gasteiger partial charge is 0.0547 e. The molecule has 10 aromatic rings. The molecule has 0 aliphatic carbocycles. The van der Waals surface area contributed by atoms with Crippen LogP contribution in [0, 0.1) is 0 Å². The van der Waals surface area contributed by atoms with Gasteiger partial charge in [0.2, 0.25) is 0 Å². The van der Waals surface area contributed by atoms with Crippen LogP contribution < -0.4 is 0 Å². The summed E-state index contributed by atoms with van der Waals surface area (Å²) in [6, 6.07) is 68.3. The molecule has 0 fully saturated rings. The molecule has 0 atom stereocenters. The Morgan fingerprint density at radius 3 is 1.12 bits per heavy atom. The van der Waals surface area contributed by atoms with Crippen molar-refractivity contribution in [2.45, 2.75) is 0 Å². The highest BCUT2D eigenvalue weighted by atomic mass is 79.9. The average Bonchev–Trinajstić information content (AvgIpc) is 3.71. The molecule has 0 radical (unpaired) electrons. The van der Waals surface area contributed by atoms with Crippen molar-refractivity contribution in [2.75, 3.05) is 0 Å². The molecule has 0 aliphatic rings. The van der Waals surface area contributed by atoms with Gasteiger partial charge in [0, 0.05) is 37.4 Å². The molecule has 2 heterocycles. The molecule has 0 bridgehead atoms. The Morgan fingerprint density at radius 1 is 0.275 bits per heavy atom. The minimum Gasteiger partial charge on any atom is -0.309 e. The molecule has 0 amide bonds. The Balaban J connectivity index is 1.21. The second kappa shape index (κ2) is 12.0. The Kier molecular flexibility index (Phi) is 7.00. The van der Waals surface area contributed by atoms with Gasteiger partial charge in [0.25, 0.3) is 0 Å². The fourth-order valence-corrected chi connectivity index (χ4v) is 8.04. The van der Waals surface area contributed by atoms with E-state index in [0.717, 1.165) is 15.8 Å². The number of hydrogen-bond donors (Lipinski definition) is 0. The summed E-state index contributed by atoms with van der Waals surface area (Å²) in [6.07, 6.45) is 0. The van der Waals surface area contributed by atoms with E-state index in [0.29, 0.717) is 0 Å². The monoisotopic (exact) mass is 714 g/mol. The number of fused-ring (bicyclic) bond motifs is 6. The summed E-state index contributed by atoms with van der Waals surface area (Å²) in [5, 5.41) is 5.02. The maximum absolute atomic E-state index is 3.64. The van der Waals surface area contributed by atoms with Crippen LogP contribution in [0.1, 0.15) is 0 Å². The fourth-order valence-electron chi connectivity index (χ4n) is 7.78. The van der Waals surface area contributed by atoms with Crippen molar-refractivity contribution >= 4 is 59.5 Å². The number of benzene rings is 8. The van der Waals surface area contributed by atoms with Gasteiger partial charge in [-0.25, -0.2) is 0 Å². The second-order valence-electron chi connectivity index (χ2n) is 13.1. The van der Waals surface area contributed by atoms with Gasteiger partial charge in [0.1, 0.15) is 0 Å². The van der Waals surface area contributed by atoms with Crippen molar-refractivity contribution in [3.05, 3.63) is 193 Å². The summed E-state index contributed by atoms with van der Waals surface area (Å²) in [7, 11) is 0. The molecule has 2 nitrogen and oxygen atoms in total. The number of hydrogen-bond acceptors (Lipinski definition) is 0. The minimum atomic E-state index is 1.07. The van der Waals surface area contributed by atoms with Crippen LogP contribution in [-0.2, 0) is 0 Å². The largest absolute Gasteiger partial charge is 0.309 e. The van der Waals surface area contributed by atoms with E-state index in [2.05, 4.69) is 213 Å². The predicted molar refractivity (Wildman–Crippen MR) is 219 cm³/mol. The van der Waals surface area contributed by atoms with Gasteiger partial charge in [-0.15, -0.1) is 0 Å². The molecule has 240 valence electrons. The van der Waals surface area contributed by atoms with Crippen LogP contribution in [0.15, 0.2) is 193 Å². The lowest BCUT2D eigenvalue weighted by atomic mass is 9.92. The topological polar surface area (TPSA) is 9.86 Å². The summed E-state index contributed by atoms with van der Waals surface area (Å²) in [5.74, 6) is 0. The van der Waals surface area contributed by atoms with E-state index in [1.807, 2.05) is 0 Å². The molecule has 8 aromatic carbocycles. The van der Waals surface area contributed by atoms with Gasteiger partial charge < -0.3 is 9.13 Å². The zero-order valence-corrected chi connectivity index (χ0v) is 29.3. The molecular weight excluding hydrogens is 684 g/mol. The van der Waals surface area contributed by atoms with Gasteiger partial charge in [-0.05, 0) is 112 Å². The number of rotatable bonds is 5. The van der Waals surface area contributed by atoms with Crippen molar-refractivity contribution in [3.8, 4) is 44.8 Å². The summed E-state index contributed by atoms with van der Waals surface area (Å²) >= 11 is 3.64. The lowest BCUT2D eigenvalue weighted by Crippen LogP contribution is -1.94. The third-order valence-electron chi connectivity index (χ3n) is 10.2. The second-order valence-corrected chi connectivity index (χ2v) is 14.1. The van der Waals surface area contributed by atoms with E-state index in [1.165, 1.54) is 77.0 Å². The molecule has 0 aliphatic heterocycles. The Labute approximate surface area is 304 Å². The van der Waals surface area contributed by atoms with Crippen molar-refractivity contribution < 1.29 is 0 Å². The summed E-state index contributed by atoms with van der Waals surface area (Å²) < 4.78 is 5.86. The maximum Gasteiger partial charge on any atom is 0.0547 e. The first-order valence-electron chi connectivity index (χ1n) is 17.3. The van der Waals surface area contributed by atoms with Gasteiger partial charge in [-0.2, -0.15) is 0 Å². The van der Waals surface area contributed by atoms with E-state index < -0.39 is 0 Å². The summed E-state index contributed by atoms with van der Waals surface area (Å²) in [6.45, 7) is 0. The Hall–Kier alpha value is -6.16. The number of aromatic nitrogens is 2. The molecular formula is C48H31BrN2. The van der Waals surface area contributed by atoms with E-state index in [1.54, 1.807) is 0 Å². The third kappa shape index (κ3) is 5.00. The van der Waals surface area contributed by atoms with Crippen LogP contribution in [0.25, 0.3) is 88.4 Å². The van der Waals surface area contributed by atoms with Crippen LogP contribution in [0.3, 0.4) is 0 Å². The highest BCUT2D eigenvalue weighted by molar-refractivity contribution is 9.10. The molecule has 3 heteroatoms. The van der Waals surface area contributed by atoms with Gasteiger partial charge >= 0.3 is 0 Å². The standard InChI is InChI=1S/C48H31BrN2/c49-38-23-19-32(20-24-38)35-27-36(33-21-25-43-41-15-7-9-17-45(41)50(47(43)30-33)39-11-3-1-4-12-39)29-37(28-35)34-22-26-44-42-16-8-10-18-46(42)51(48(44)31-34)40-13-5-2-6-14-40/h1-31H. The molecule has 0 spiro atoms.